The SMILES string of the molecule is COC(=O)[C@@H](NC(=O)c1ccc(C#Cc2ccc(CN3CCOCC3)cc2)cc1)C(F)(F)F. The average molecular weight is 460 g/mol. The van der Waals surface area contributed by atoms with Gasteiger partial charge in [0.1, 0.15) is 0 Å². The molecule has 0 aromatic heterocycles. The van der Waals surface area contributed by atoms with Gasteiger partial charge in [0.2, 0.25) is 6.04 Å². The summed E-state index contributed by atoms with van der Waals surface area (Å²) in [6, 6.07) is 10.9. The second-order valence-corrected chi connectivity index (χ2v) is 7.38. The fourth-order valence-corrected chi connectivity index (χ4v) is 3.17. The topological polar surface area (TPSA) is 67.9 Å². The van der Waals surface area contributed by atoms with Gasteiger partial charge in [0.05, 0.1) is 20.3 Å². The summed E-state index contributed by atoms with van der Waals surface area (Å²) in [5, 5.41) is 1.65. The number of halogens is 3. The van der Waals surface area contributed by atoms with Gasteiger partial charge in [-0.15, -0.1) is 0 Å². The Morgan fingerprint density at radius 1 is 1.03 bits per heavy atom. The number of carbonyl (C=O) groups excluding carboxylic acids is 2. The molecule has 9 heteroatoms. The smallest absolute Gasteiger partial charge is 0.419 e. The molecule has 1 heterocycles. The number of methoxy groups -OCH3 is 1. The molecule has 0 radical (unpaired) electrons. The molecular weight excluding hydrogens is 437 g/mol. The summed E-state index contributed by atoms with van der Waals surface area (Å²) in [5.74, 6) is 3.35. The van der Waals surface area contributed by atoms with Crippen LogP contribution in [0.2, 0.25) is 0 Å². The van der Waals surface area contributed by atoms with E-state index >= 15 is 0 Å². The lowest BCUT2D eigenvalue weighted by Crippen LogP contribution is -2.51. The highest BCUT2D eigenvalue weighted by atomic mass is 19.4. The standard InChI is InChI=1S/C24H23F3N2O4/c1-32-23(31)21(24(25,26)27)28-22(30)20-10-8-18(9-11-20)3-2-17-4-6-19(7-5-17)16-29-12-14-33-15-13-29/h4-11,21H,12-16H2,1H3,(H,28,30)/t21-/m1/s1. The van der Waals surface area contributed by atoms with E-state index in [4.69, 9.17) is 4.74 Å². The zero-order chi connectivity index (χ0) is 23.8. The molecule has 2 aromatic carbocycles. The molecule has 1 amide bonds. The Labute approximate surface area is 189 Å². The van der Waals surface area contributed by atoms with Crippen molar-refractivity contribution >= 4 is 11.9 Å². The number of carbonyl (C=O) groups is 2. The number of ether oxygens (including phenoxy) is 2. The van der Waals surface area contributed by atoms with Crippen LogP contribution in [0.25, 0.3) is 0 Å². The first-order valence-corrected chi connectivity index (χ1v) is 10.2. The van der Waals surface area contributed by atoms with Crippen LogP contribution in [0.1, 0.15) is 27.0 Å². The maximum atomic E-state index is 13.0. The molecule has 33 heavy (non-hydrogen) atoms. The van der Waals surface area contributed by atoms with Gasteiger partial charge < -0.3 is 14.8 Å². The monoisotopic (exact) mass is 460 g/mol. The number of nitrogens with zero attached hydrogens (tertiary/aromatic N) is 1. The third kappa shape index (κ3) is 7.07. The highest BCUT2D eigenvalue weighted by Gasteiger charge is 2.47. The van der Waals surface area contributed by atoms with Crippen molar-refractivity contribution in [3.63, 3.8) is 0 Å². The molecule has 0 bridgehead atoms. The van der Waals surface area contributed by atoms with Crippen LogP contribution in [0.15, 0.2) is 48.5 Å². The van der Waals surface area contributed by atoms with E-state index in [2.05, 4.69) is 21.5 Å². The van der Waals surface area contributed by atoms with Crippen LogP contribution in [-0.2, 0) is 20.8 Å². The predicted molar refractivity (Wildman–Crippen MR) is 114 cm³/mol. The van der Waals surface area contributed by atoms with Gasteiger partial charge in [-0.3, -0.25) is 9.69 Å². The van der Waals surface area contributed by atoms with Gasteiger partial charge in [0, 0.05) is 36.3 Å². The second-order valence-electron chi connectivity index (χ2n) is 7.38. The number of amides is 1. The highest BCUT2D eigenvalue weighted by molar-refractivity contribution is 5.97. The van der Waals surface area contributed by atoms with E-state index in [0.717, 1.165) is 45.5 Å². The molecule has 0 aliphatic carbocycles. The molecule has 0 saturated carbocycles. The Morgan fingerprint density at radius 3 is 2.09 bits per heavy atom. The van der Waals surface area contributed by atoms with Crippen molar-refractivity contribution in [3.8, 4) is 11.8 Å². The molecule has 0 unspecified atom stereocenters. The van der Waals surface area contributed by atoms with Gasteiger partial charge in [-0.25, -0.2) is 4.79 Å². The van der Waals surface area contributed by atoms with Crippen LogP contribution in [0.4, 0.5) is 13.2 Å². The number of hydrogen-bond acceptors (Lipinski definition) is 5. The zero-order valence-corrected chi connectivity index (χ0v) is 17.9. The van der Waals surface area contributed by atoms with E-state index in [0.29, 0.717) is 5.56 Å². The van der Waals surface area contributed by atoms with Crippen LogP contribution < -0.4 is 5.32 Å². The molecular formula is C24H23F3N2O4. The van der Waals surface area contributed by atoms with Gasteiger partial charge in [-0.05, 0) is 42.0 Å². The Bertz CT molecular complexity index is 1020. The molecule has 174 valence electrons. The summed E-state index contributed by atoms with van der Waals surface area (Å²) >= 11 is 0. The highest BCUT2D eigenvalue weighted by Crippen LogP contribution is 2.21. The Morgan fingerprint density at radius 2 is 1.58 bits per heavy atom. The van der Waals surface area contributed by atoms with Gasteiger partial charge >= 0.3 is 12.1 Å². The van der Waals surface area contributed by atoms with E-state index in [1.54, 1.807) is 5.32 Å². The van der Waals surface area contributed by atoms with Crippen molar-refractivity contribution < 1.29 is 32.2 Å². The zero-order valence-electron chi connectivity index (χ0n) is 17.9. The third-order valence-corrected chi connectivity index (χ3v) is 5.00. The van der Waals surface area contributed by atoms with Crippen LogP contribution >= 0.6 is 0 Å². The maximum Gasteiger partial charge on any atom is 0.419 e. The van der Waals surface area contributed by atoms with Crippen LogP contribution in [0.3, 0.4) is 0 Å². The maximum absolute atomic E-state index is 13.0. The number of nitrogens with one attached hydrogen (secondary N) is 1. The predicted octanol–water partition coefficient (Wildman–Crippen LogP) is 2.75. The number of esters is 1. The van der Waals surface area contributed by atoms with Crippen molar-refractivity contribution in [1.82, 2.24) is 10.2 Å². The van der Waals surface area contributed by atoms with E-state index in [9.17, 15) is 22.8 Å². The summed E-state index contributed by atoms with van der Waals surface area (Å²) in [7, 11) is 0.818. The minimum atomic E-state index is -4.97. The number of rotatable bonds is 5. The fourth-order valence-electron chi connectivity index (χ4n) is 3.17. The minimum Gasteiger partial charge on any atom is -0.467 e. The summed E-state index contributed by atoms with van der Waals surface area (Å²) in [4.78, 5) is 25.8. The number of morpholine rings is 1. The Balaban J connectivity index is 1.60. The van der Waals surface area contributed by atoms with E-state index in [-0.39, 0.29) is 5.56 Å². The summed E-state index contributed by atoms with van der Waals surface area (Å²) < 4.78 is 48.3. The van der Waals surface area contributed by atoms with Crippen molar-refractivity contribution in [3.05, 3.63) is 70.8 Å². The molecule has 3 rings (SSSR count). The van der Waals surface area contributed by atoms with Crippen molar-refractivity contribution in [2.75, 3.05) is 33.4 Å². The molecule has 1 N–H and O–H groups in total. The first kappa shape index (κ1) is 24.3. The van der Waals surface area contributed by atoms with E-state index < -0.39 is 24.1 Å². The van der Waals surface area contributed by atoms with Crippen molar-refractivity contribution in [2.24, 2.45) is 0 Å². The fraction of sp³-hybridized carbons (Fsp3) is 0.333. The Hall–Kier alpha value is -3.35. The van der Waals surface area contributed by atoms with E-state index in [1.165, 1.54) is 29.8 Å². The molecule has 0 spiro atoms. The van der Waals surface area contributed by atoms with E-state index in [1.807, 2.05) is 24.3 Å². The Kier molecular flexibility index (Phi) is 8.09. The molecule has 1 aliphatic heterocycles. The lowest BCUT2D eigenvalue weighted by molar-refractivity contribution is -0.180. The molecule has 1 aliphatic rings. The van der Waals surface area contributed by atoms with Crippen LogP contribution in [-0.4, -0.2) is 62.4 Å². The largest absolute Gasteiger partial charge is 0.467 e. The lowest BCUT2D eigenvalue weighted by atomic mass is 10.1. The lowest BCUT2D eigenvalue weighted by Gasteiger charge is -2.26. The summed E-state index contributed by atoms with van der Waals surface area (Å²) in [6.07, 6.45) is -4.97. The quantitative estimate of drug-likeness (QED) is 0.549. The van der Waals surface area contributed by atoms with Gasteiger partial charge in [-0.1, -0.05) is 24.0 Å². The summed E-state index contributed by atoms with van der Waals surface area (Å²) in [6.45, 7) is 4.17. The number of benzene rings is 2. The first-order chi connectivity index (χ1) is 15.8. The second kappa shape index (κ2) is 11.0. The normalized spacial score (nSPS) is 15.2. The van der Waals surface area contributed by atoms with Crippen molar-refractivity contribution in [1.29, 1.82) is 0 Å². The molecule has 6 nitrogen and oxygen atoms in total. The molecule has 2 aromatic rings. The molecule has 1 fully saturated rings. The van der Waals surface area contributed by atoms with Crippen molar-refractivity contribution in [2.45, 2.75) is 18.8 Å². The van der Waals surface area contributed by atoms with Gasteiger partial charge in [0.25, 0.3) is 5.91 Å². The van der Waals surface area contributed by atoms with Gasteiger partial charge in [0.15, 0.2) is 0 Å². The number of hydrogen-bond donors (Lipinski definition) is 1. The first-order valence-electron chi connectivity index (χ1n) is 10.2. The van der Waals surface area contributed by atoms with Crippen LogP contribution in [0, 0.1) is 11.8 Å². The third-order valence-electron chi connectivity index (χ3n) is 5.00. The molecule has 1 saturated heterocycles. The molecule has 1 atom stereocenters. The summed E-state index contributed by atoms with van der Waals surface area (Å²) in [5.41, 5.74) is 2.55. The number of alkyl halides is 3. The minimum absolute atomic E-state index is 0.0360. The van der Waals surface area contributed by atoms with Gasteiger partial charge in [-0.2, -0.15) is 13.2 Å². The average Bonchev–Trinajstić information content (AvgIpc) is 2.81. The van der Waals surface area contributed by atoms with Crippen LogP contribution in [0.5, 0.6) is 0 Å².